The van der Waals surface area contributed by atoms with E-state index in [1.165, 1.54) is 9.87 Å². The number of benzene rings is 2. The van der Waals surface area contributed by atoms with Crippen LogP contribution in [0.15, 0.2) is 47.4 Å². The van der Waals surface area contributed by atoms with Crippen LogP contribution >= 0.6 is 0 Å². The molecule has 8 heteroatoms. The average Bonchev–Trinajstić information content (AvgIpc) is 2.90. The fourth-order valence-electron chi connectivity index (χ4n) is 6.31. The summed E-state index contributed by atoms with van der Waals surface area (Å²) in [7, 11) is -3.66. The first kappa shape index (κ1) is 24.6. The van der Waals surface area contributed by atoms with Gasteiger partial charge in [0.25, 0.3) is 0 Å². The lowest BCUT2D eigenvalue weighted by molar-refractivity contribution is -0.125. The quantitative estimate of drug-likeness (QED) is 0.606. The molecule has 0 atom stereocenters. The molecule has 2 aromatic carbocycles. The zero-order valence-electron chi connectivity index (χ0n) is 21.3. The van der Waals surface area contributed by atoms with Gasteiger partial charge in [0.15, 0.2) is 0 Å². The van der Waals surface area contributed by atoms with E-state index in [-0.39, 0.29) is 23.7 Å². The minimum absolute atomic E-state index is 0.120. The highest BCUT2D eigenvalue weighted by Gasteiger charge is 2.36. The Morgan fingerprint density at radius 3 is 1.92 bits per heavy atom. The van der Waals surface area contributed by atoms with Crippen molar-refractivity contribution in [1.29, 1.82) is 0 Å². The minimum atomic E-state index is -3.66. The molecule has 0 unspecified atom stereocenters. The van der Waals surface area contributed by atoms with Crippen LogP contribution in [0.5, 0.6) is 0 Å². The predicted molar refractivity (Wildman–Crippen MR) is 143 cm³/mol. The van der Waals surface area contributed by atoms with E-state index in [4.69, 9.17) is 0 Å². The highest BCUT2D eigenvalue weighted by molar-refractivity contribution is 7.89. The Hall–Kier alpha value is -2.71. The predicted octanol–water partition coefficient (Wildman–Crippen LogP) is 4.15. The van der Waals surface area contributed by atoms with Crippen LogP contribution in [0.3, 0.4) is 0 Å². The maximum atomic E-state index is 13.5. The minimum Gasteiger partial charge on any atom is -0.312 e. The Morgan fingerprint density at radius 1 is 0.676 bits per heavy atom. The molecule has 3 heterocycles. The number of nitrogens with zero attached hydrogens (tertiary/aromatic N) is 3. The van der Waals surface area contributed by atoms with Crippen molar-refractivity contribution in [2.24, 2.45) is 11.8 Å². The maximum absolute atomic E-state index is 13.5. The van der Waals surface area contributed by atoms with Crippen LogP contribution in [0.25, 0.3) is 0 Å². The highest BCUT2D eigenvalue weighted by atomic mass is 32.2. The monoisotopic (exact) mass is 521 g/mol. The van der Waals surface area contributed by atoms with Crippen molar-refractivity contribution in [1.82, 2.24) is 4.31 Å². The van der Waals surface area contributed by atoms with Gasteiger partial charge in [-0.3, -0.25) is 9.59 Å². The second-order valence-electron chi connectivity index (χ2n) is 10.9. The van der Waals surface area contributed by atoms with Crippen LogP contribution in [-0.4, -0.2) is 50.7 Å². The van der Waals surface area contributed by atoms with Crippen molar-refractivity contribution in [3.63, 3.8) is 0 Å². The summed E-state index contributed by atoms with van der Waals surface area (Å²) in [6, 6.07) is 13.3. The number of rotatable bonds is 4. The second-order valence-corrected chi connectivity index (χ2v) is 12.9. The number of carbonyl (C=O) groups excluding carboxylic acids is 2. The standard InChI is InChI=1S/C29H35N3O4S/c33-28(22-7-3-8-22)32-17-5-10-24-20-25(12-13-27(24)32)37(35,36)30-18-14-23(15-19-30)29(34)31-16-4-9-21-6-1-2-11-26(21)31/h1-2,6,11-13,20,22-23H,3-5,7-10,14-19H2. The normalized spacial score (nSPS) is 21.2. The molecule has 0 N–H and O–H groups in total. The van der Waals surface area contributed by atoms with E-state index in [2.05, 4.69) is 6.07 Å². The van der Waals surface area contributed by atoms with Crippen LogP contribution in [0.4, 0.5) is 11.4 Å². The lowest BCUT2D eigenvalue weighted by Crippen LogP contribution is -2.45. The van der Waals surface area contributed by atoms with Crippen molar-refractivity contribution < 1.29 is 18.0 Å². The van der Waals surface area contributed by atoms with Gasteiger partial charge in [0, 0.05) is 49.4 Å². The number of aryl methyl sites for hydroxylation is 2. The van der Waals surface area contributed by atoms with Gasteiger partial charge >= 0.3 is 0 Å². The van der Waals surface area contributed by atoms with Crippen LogP contribution < -0.4 is 9.80 Å². The fraction of sp³-hybridized carbons (Fsp3) is 0.517. The molecule has 2 aromatic rings. The van der Waals surface area contributed by atoms with Crippen molar-refractivity contribution >= 4 is 33.2 Å². The lowest BCUT2D eigenvalue weighted by Gasteiger charge is -2.36. The number of hydrogen-bond donors (Lipinski definition) is 0. The van der Waals surface area contributed by atoms with Crippen LogP contribution in [0, 0.1) is 11.8 Å². The molecule has 1 saturated heterocycles. The SMILES string of the molecule is O=C(C1CCC1)N1CCCc2cc(S(=O)(=O)N3CCC(C(=O)N4CCCc5ccccc54)CC3)ccc21. The summed E-state index contributed by atoms with van der Waals surface area (Å²) in [4.78, 5) is 30.4. The molecule has 1 saturated carbocycles. The molecule has 4 aliphatic rings. The smallest absolute Gasteiger partial charge is 0.243 e. The van der Waals surface area contributed by atoms with Crippen LogP contribution in [0.1, 0.15) is 56.1 Å². The van der Waals surface area contributed by atoms with E-state index in [1.54, 1.807) is 12.1 Å². The van der Waals surface area contributed by atoms with E-state index < -0.39 is 10.0 Å². The number of piperidine rings is 1. The van der Waals surface area contributed by atoms with Crippen LogP contribution in [-0.2, 0) is 32.5 Å². The van der Waals surface area contributed by atoms with Crippen molar-refractivity contribution in [2.45, 2.75) is 62.7 Å². The summed E-state index contributed by atoms with van der Waals surface area (Å²) < 4.78 is 28.6. The third kappa shape index (κ3) is 4.48. The fourth-order valence-corrected chi connectivity index (χ4v) is 7.83. The molecule has 3 aliphatic heterocycles. The molecule has 0 aromatic heterocycles. The summed E-state index contributed by atoms with van der Waals surface area (Å²) in [6.07, 6.45) is 7.67. The Kier molecular flexibility index (Phi) is 6.57. The van der Waals surface area contributed by atoms with Gasteiger partial charge in [-0.1, -0.05) is 24.6 Å². The molecule has 1 aliphatic carbocycles. The molecular weight excluding hydrogens is 486 g/mol. The van der Waals surface area contributed by atoms with Gasteiger partial charge in [0.05, 0.1) is 4.90 Å². The van der Waals surface area contributed by atoms with Gasteiger partial charge in [-0.05, 0) is 86.8 Å². The Bertz CT molecular complexity index is 1310. The molecule has 37 heavy (non-hydrogen) atoms. The molecule has 0 bridgehead atoms. The van der Waals surface area contributed by atoms with Crippen LogP contribution in [0.2, 0.25) is 0 Å². The number of fused-ring (bicyclic) bond motifs is 2. The average molecular weight is 522 g/mol. The zero-order chi connectivity index (χ0) is 25.6. The summed E-state index contributed by atoms with van der Waals surface area (Å²) in [6.45, 7) is 2.12. The van der Waals surface area contributed by atoms with Gasteiger partial charge < -0.3 is 9.80 Å². The zero-order valence-corrected chi connectivity index (χ0v) is 22.1. The van der Waals surface area contributed by atoms with E-state index in [1.807, 2.05) is 34.1 Å². The number of sulfonamides is 1. The number of hydrogen-bond acceptors (Lipinski definition) is 4. The maximum Gasteiger partial charge on any atom is 0.243 e. The van der Waals surface area contributed by atoms with Gasteiger partial charge in [0.2, 0.25) is 21.8 Å². The first-order chi connectivity index (χ1) is 17.9. The first-order valence-electron chi connectivity index (χ1n) is 13.8. The third-order valence-electron chi connectivity index (χ3n) is 8.71. The van der Waals surface area contributed by atoms with E-state index in [0.717, 1.165) is 68.4 Å². The van der Waals surface area contributed by atoms with E-state index in [9.17, 15) is 18.0 Å². The molecule has 2 fully saturated rings. The Morgan fingerprint density at radius 2 is 1.27 bits per heavy atom. The summed E-state index contributed by atoms with van der Waals surface area (Å²) in [5.41, 5.74) is 4.03. The molecule has 7 nitrogen and oxygen atoms in total. The number of carbonyl (C=O) groups is 2. The topological polar surface area (TPSA) is 78.0 Å². The van der Waals surface area contributed by atoms with Crippen molar-refractivity contribution in [3.8, 4) is 0 Å². The van der Waals surface area contributed by atoms with Gasteiger partial charge in [-0.15, -0.1) is 0 Å². The summed E-state index contributed by atoms with van der Waals surface area (Å²) in [5, 5.41) is 0. The van der Waals surface area contributed by atoms with Crippen molar-refractivity contribution in [3.05, 3.63) is 53.6 Å². The molecule has 6 rings (SSSR count). The largest absolute Gasteiger partial charge is 0.312 e. The van der Waals surface area contributed by atoms with Crippen molar-refractivity contribution in [2.75, 3.05) is 36.0 Å². The molecule has 2 amide bonds. The third-order valence-corrected chi connectivity index (χ3v) is 10.6. The molecule has 0 radical (unpaired) electrons. The lowest BCUT2D eigenvalue weighted by atomic mass is 9.83. The van der Waals surface area contributed by atoms with Gasteiger partial charge in [0.1, 0.15) is 0 Å². The number of anilines is 2. The van der Waals surface area contributed by atoms with E-state index in [0.29, 0.717) is 37.4 Å². The summed E-state index contributed by atoms with van der Waals surface area (Å²) >= 11 is 0. The second kappa shape index (κ2) is 9.87. The number of amides is 2. The summed E-state index contributed by atoms with van der Waals surface area (Å²) in [5.74, 6) is 0.268. The number of para-hydroxylation sites is 1. The Labute approximate surface area is 219 Å². The van der Waals surface area contributed by atoms with E-state index >= 15 is 0 Å². The molecule has 196 valence electrons. The van der Waals surface area contributed by atoms with Gasteiger partial charge in [-0.25, -0.2) is 8.42 Å². The highest BCUT2D eigenvalue weighted by Crippen LogP contribution is 2.36. The molecular formula is C29H35N3O4S. The Balaban J connectivity index is 1.14. The van der Waals surface area contributed by atoms with Gasteiger partial charge in [-0.2, -0.15) is 4.31 Å². The first-order valence-corrected chi connectivity index (χ1v) is 15.2. The molecule has 0 spiro atoms.